The Hall–Kier alpha value is -0.820. The molecule has 0 fully saturated rings. The summed E-state index contributed by atoms with van der Waals surface area (Å²) < 4.78 is 33.5. The highest BCUT2D eigenvalue weighted by Crippen LogP contribution is 2.15. The Morgan fingerprint density at radius 1 is 1.25 bits per heavy atom. The van der Waals surface area contributed by atoms with E-state index in [1.165, 1.54) is 7.05 Å². The standard InChI is InChI=1S/C9H12ClNO4S/c1-11-16(12,13)15-7-6-14-9-4-2-8(10)3-5-9/h2-5,11H,6-7H2,1H3. The van der Waals surface area contributed by atoms with E-state index in [0.717, 1.165) is 0 Å². The van der Waals surface area contributed by atoms with Gasteiger partial charge in [-0.1, -0.05) is 11.6 Å². The lowest BCUT2D eigenvalue weighted by molar-refractivity contribution is 0.219. The van der Waals surface area contributed by atoms with Crippen molar-refractivity contribution in [3.63, 3.8) is 0 Å². The molecule has 0 atom stereocenters. The Morgan fingerprint density at radius 3 is 2.44 bits per heavy atom. The lowest BCUT2D eigenvalue weighted by atomic mass is 10.3. The van der Waals surface area contributed by atoms with Crippen molar-refractivity contribution in [2.45, 2.75) is 0 Å². The number of benzene rings is 1. The number of halogens is 1. The quantitative estimate of drug-likeness (QED) is 0.785. The van der Waals surface area contributed by atoms with Crippen molar-refractivity contribution < 1.29 is 17.3 Å². The molecule has 1 N–H and O–H groups in total. The summed E-state index contributed by atoms with van der Waals surface area (Å²) in [5, 5.41) is 0.612. The molecule has 90 valence electrons. The average Bonchev–Trinajstić information content (AvgIpc) is 2.27. The van der Waals surface area contributed by atoms with E-state index in [-0.39, 0.29) is 13.2 Å². The molecule has 0 unspecified atom stereocenters. The largest absolute Gasteiger partial charge is 0.491 e. The fraction of sp³-hybridized carbons (Fsp3) is 0.333. The predicted octanol–water partition coefficient (Wildman–Crippen LogP) is 1.20. The second-order valence-corrected chi connectivity index (χ2v) is 4.77. The number of rotatable bonds is 6. The zero-order valence-corrected chi connectivity index (χ0v) is 10.2. The highest BCUT2D eigenvalue weighted by Gasteiger charge is 2.05. The van der Waals surface area contributed by atoms with Gasteiger partial charge in [0.15, 0.2) is 0 Å². The number of nitrogens with one attached hydrogen (secondary N) is 1. The van der Waals surface area contributed by atoms with E-state index in [4.69, 9.17) is 16.3 Å². The van der Waals surface area contributed by atoms with Crippen molar-refractivity contribution in [1.29, 1.82) is 0 Å². The lowest BCUT2D eigenvalue weighted by Gasteiger charge is -2.06. The van der Waals surface area contributed by atoms with Gasteiger partial charge in [-0.15, -0.1) is 0 Å². The first-order chi connectivity index (χ1) is 7.53. The molecule has 0 saturated carbocycles. The van der Waals surface area contributed by atoms with Crippen molar-refractivity contribution >= 4 is 21.9 Å². The Kier molecular flexibility index (Phi) is 5.01. The minimum absolute atomic E-state index is 0.0498. The SMILES string of the molecule is CNS(=O)(=O)OCCOc1ccc(Cl)cc1. The van der Waals surface area contributed by atoms with Gasteiger partial charge in [-0.3, -0.25) is 4.18 Å². The summed E-state index contributed by atoms with van der Waals surface area (Å²) in [5.41, 5.74) is 0. The van der Waals surface area contributed by atoms with Crippen molar-refractivity contribution in [1.82, 2.24) is 4.72 Å². The van der Waals surface area contributed by atoms with Gasteiger partial charge in [-0.2, -0.15) is 13.1 Å². The molecule has 0 bridgehead atoms. The van der Waals surface area contributed by atoms with E-state index >= 15 is 0 Å². The number of hydrogen-bond acceptors (Lipinski definition) is 4. The molecule has 0 amide bonds. The van der Waals surface area contributed by atoms with Crippen molar-refractivity contribution in [2.24, 2.45) is 0 Å². The highest BCUT2D eigenvalue weighted by molar-refractivity contribution is 7.84. The second-order valence-electron chi connectivity index (χ2n) is 2.78. The van der Waals surface area contributed by atoms with Crippen LogP contribution >= 0.6 is 11.6 Å². The molecule has 0 saturated heterocycles. The maximum absolute atomic E-state index is 10.8. The molecule has 0 aliphatic carbocycles. The molecule has 0 radical (unpaired) electrons. The average molecular weight is 266 g/mol. The molecule has 1 aromatic rings. The molecular formula is C9H12ClNO4S. The van der Waals surface area contributed by atoms with Crippen LogP contribution in [0.1, 0.15) is 0 Å². The van der Waals surface area contributed by atoms with Crippen LogP contribution in [0, 0.1) is 0 Å². The first-order valence-electron chi connectivity index (χ1n) is 4.50. The van der Waals surface area contributed by atoms with Crippen molar-refractivity contribution in [3.05, 3.63) is 29.3 Å². The second kappa shape index (κ2) is 6.05. The van der Waals surface area contributed by atoms with Crippen LogP contribution in [0.15, 0.2) is 24.3 Å². The van der Waals surface area contributed by atoms with Gasteiger partial charge in [0.05, 0.1) is 0 Å². The van der Waals surface area contributed by atoms with Gasteiger partial charge in [-0.25, -0.2) is 0 Å². The zero-order valence-electron chi connectivity index (χ0n) is 8.64. The summed E-state index contributed by atoms with van der Waals surface area (Å²) in [4.78, 5) is 0. The lowest BCUT2D eigenvalue weighted by Crippen LogP contribution is -2.23. The molecule has 0 spiro atoms. The van der Waals surface area contributed by atoms with Gasteiger partial charge in [-0.05, 0) is 24.3 Å². The molecule has 0 aliphatic rings. The van der Waals surface area contributed by atoms with E-state index in [2.05, 4.69) is 4.18 Å². The molecule has 0 heterocycles. The van der Waals surface area contributed by atoms with Gasteiger partial charge in [0.2, 0.25) is 0 Å². The van der Waals surface area contributed by atoms with Crippen molar-refractivity contribution in [3.8, 4) is 5.75 Å². The first kappa shape index (κ1) is 13.2. The van der Waals surface area contributed by atoms with Crippen LogP contribution in [0.4, 0.5) is 0 Å². The van der Waals surface area contributed by atoms with E-state index in [1.807, 2.05) is 4.72 Å². The maximum atomic E-state index is 10.8. The summed E-state index contributed by atoms with van der Waals surface area (Å²) in [6, 6.07) is 6.74. The first-order valence-corrected chi connectivity index (χ1v) is 6.28. The van der Waals surface area contributed by atoms with E-state index < -0.39 is 10.3 Å². The van der Waals surface area contributed by atoms with Gasteiger partial charge >= 0.3 is 10.3 Å². The number of hydrogen-bond donors (Lipinski definition) is 1. The Balaban J connectivity index is 2.29. The monoisotopic (exact) mass is 265 g/mol. The molecule has 1 rings (SSSR count). The fourth-order valence-electron chi connectivity index (χ4n) is 0.893. The van der Waals surface area contributed by atoms with E-state index in [0.29, 0.717) is 10.8 Å². The Bertz CT molecular complexity index is 418. The Labute approximate surface area is 99.6 Å². The van der Waals surface area contributed by atoms with Crippen LogP contribution in [-0.2, 0) is 14.5 Å². The molecular weight excluding hydrogens is 254 g/mol. The van der Waals surface area contributed by atoms with Crippen molar-refractivity contribution in [2.75, 3.05) is 20.3 Å². The zero-order chi connectivity index (χ0) is 12.0. The number of ether oxygens (including phenoxy) is 1. The summed E-state index contributed by atoms with van der Waals surface area (Å²) in [6.07, 6.45) is 0. The molecule has 5 nitrogen and oxygen atoms in total. The highest BCUT2D eigenvalue weighted by atomic mass is 35.5. The van der Waals surface area contributed by atoms with Crippen LogP contribution in [0.25, 0.3) is 0 Å². The summed E-state index contributed by atoms with van der Waals surface area (Å²) >= 11 is 5.68. The van der Waals surface area contributed by atoms with Crippen LogP contribution in [0.5, 0.6) is 5.75 Å². The minimum Gasteiger partial charge on any atom is -0.491 e. The van der Waals surface area contributed by atoms with Crippen LogP contribution in [-0.4, -0.2) is 28.7 Å². The minimum atomic E-state index is -3.63. The molecule has 7 heteroatoms. The van der Waals surface area contributed by atoms with Crippen LogP contribution in [0.3, 0.4) is 0 Å². The molecule has 0 aromatic heterocycles. The van der Waals surface area contributed by atoms with Gasteiger partial charge in [0.1, 0.15) is 19.0 Å². The normalized spacial score (nSPS) is 11.4. The summed E-state index contributed by atoms with van der Waals surface area (Å²) in [6.45, 7) is 0.0916. The van der Waals surface area contributed by atoms with Gasteiger partial charge in [0.25, 0.3) is 0 Å². The third-order valence-electron chi connectivity index (χ3n) is 1.65. The predicted molar refractivity (Wildman–Crippen MR) is 60.9 cm³/mol. The third-order valence-corrected chi connectivity index (χ3v) is 2.88. The molecule has 0 aliphatic heterocycles. The van der Waals surface area contributed by atoms with E-state index in [1.54, 1.807) is 24.3 Å². The van der Waals surface area contributed by atoms with Crippen LogP contribution < -0.4 is 9.46 Å². The molecule has 16 heavy (non-hydrogen) atoms. The summed E-state index contributed by atoms with van der Waals surface area (Å²) in [7, 11) is -2.36. The van der Waals surface area contributed by atoms with Crippen LogP contribution in [0.2, 0.25) is 5.02 Å². The fourth-order valence-corrected chi connectivity index (χ4v) is 1.42. The topological polar surface area (TPSA) is 64.6 Å². The maximum Gasteiger partial charge on any atom is 0.335 e. The molecule has 1 aromatic carbocycles. The smallest absolute Gasteiger partial charge is 0.335 e. The van der Waals surface area contributed by atoms with E-state index in [9.17, 15) is 8.42 Å². The summed E-state index contributed by atoms with van der Waals surface area (Å²) in [5.74, 6) is 0.606. The third kappa shape index (κ3) is 4.80. The Morgan fingerprint density at radius 2 is 1.88 bits per heavy atom. The van der Waals surface area contributed by atoms with Gasteiger partial charge < -0.3 is 4.74 Å². The van der Waals surface area contributed by atoms with Gasteiger partial charge in [0, 0.05) is 12.1 Å².